The van der Waals surface area contributed by atoms with Gasteiger partial charge in [0, 0.05) is 25.8 Å². The lowest BCUT2D eigenvalue weighted by atomic mass is 9.90. The van der Waals surface area contributed by atoms with Crippen LogP contribution in [0.5, 0.6) is 0 Å². The number of rotatable bonds is 3. The molecule has 1 saturated heterocycles. The second kappa shape index (κ2) is 5.41. The monoisotopic (exact) mass is 307 g/mol. The number of halogens is 4. The topological polar surface area (TPSA) is 28.2 Å². The fourth-order valence-electron chi connectivity index (χ4n) is 2.59. The zero-order valence-electron chi connectivity index (χ0n) is 11.4. The van der Waals surface area contributed by atoms with E-state index < -0.39 is 11.7 Å². The summed E-state index contributed by atoms with van der Waals surface area (Å²) in [5, 5.41) is 3.19. The Bertz CT molecular complexity index is 492. The summed E-state index contributed by atoms with van der Waals surface area (Å²) in [6.07, 6.45) is -2.62. The van der Waals surface area contributed by atoms with Crippen molar-refractivity contribution in [3.63, 3.8) is 0 Å². The van der Waals surface area contributed by atoms with Crippen LogP contribution in [-0.4, -0.2) is 31.7 Å². The van der Waals surface area contributed by atoms with Crippen molar-refractivity contribution in [1.82, 2.24) is 10.3 Å². The number of nitrogens with zero attached hydrogens (tertiary/aromatic N) is 2. The average molecular weight is 308 g/mol. The van der Waals surface area contributed by atoms with E-state index in [1.807, 2.05) is 11.9 Å². The van der Waals surface area contributed by atoms with Crippen LogP contribution in [0.1, 0.15) is 18.9 Å². The standard InChI is InChI=1S/C13H17ClF3N3/c1-12(7-18-2)3-4-20(8-12)11-10(14)5-9(6-19-11)13(15,16)17/h5-6,18H,3-4,7-8H2,1-2H3. The van der Waals surface area contributed by atoms with Crippen LogP contribution in [0.15, 0.2) is 12.3 Å². The van der Waals surface area contributed by atoms with Crippen LogP contribution in [-0.2, 0) is 6.18 Å². The van der Waals surface area contributed by atoms with Gasteiger partial charge in [-0.3, -0.25) is 0 Å². The molecule has 0 aromatic carbocycles. The first kappa shape index (κ1) is 15.4. The molecule has 0 aliphatic carbocycles. The second-order valence-electron chi connectivity index (χ2n) is 5.54. The van der Waals surface area contributed by atoms with E-state index in [1.54, 1.807) is 0 Å². The Kier molecular flexibility index (Phi) is 4.16. The van der Waals surface area contributed by atoms with Gasteiger partial charge in [-0.1, -0.05) is 18.5 Å². The molecule has 7 heteroatoms. The van der Waals surface area contributed by atoms with Crippen molar-refractivity contribution < 1.29 is 13.2 Å². The maximum absolute atomic E-state index is 12.6. The Morgan fingerprint density at radius 3 is 2.75 bits per heavy atom. The lowest BCUT2D eigenvalue weighted by Gasteiger charge is -2.25. The summed E-state index contributed by atoms with van der Waals surface area (Å²) in [6, 6.07) is 0.942. The number of hydrogen-bond donors (Lipinski definition) is 1. The van der Waals surface area contributed by atoms with E-state index in [-0.39, 0.29) is 10.4 Å². The third-order valence-electron chi connectivity index (χ3n) is 3.61. The quantitative estimate of drug-likeness (QED) is 0.929. The van der Waals surface area contributed by atoms with Crippen molar-refractivity contribution in [1.29, 1.82) is 0 Å². The maximum atomic E-state index is 12.6. The van der Waals surface area contributed by atoms with Crippen molar-refractivity contribution in [3.8, 4) is 0 Å². The molecule has 1 aromatic rings. The zero-order valence-corrected chi connectivity index (χ0v) is 12.1. The predicted molar refractivity (Wildman–Crippen MR) is 73.1 cm³/mol. The first-order valence-electron chi connectivity index (χ1n) is 6.37. The van der Waals surface area contributed by atoms with Crippen molar-refractivity contribution in [2.45, 2.75) is 19.5 Å². The molecule has 1 aliphatic rings. The highest BCUT2D eigenvalue weighted by Gasteiger charge is 2.36. The van der Waals surface area contributed by atoms with Gasteiger partial charge in [-0.25, -0.2) is 4.98 Å². The van der Waals surface area contributed by atoms with Crippen LogP contribution in [0, 0.1) is 5.41 Å². The fraction of sp³-hybridized carbons (Fsp3) is 0.615. The van der Waals surface area contributed by atoms with E-state index in [1.165, 1.54) is 0 Å². The third-order valence-corrected chi connectivity index (χ3v) is 3.89. The highest BCUT2D eigenvalue weighted by Crippen LogP contribution is 2.37. The number of hydrogen-bond acceptors (Lipinski definition) is 3. The number of nitrogens with one attached hydrogen (secondary N) is 1. The first-order chi connectivity index (χ1) is 9.25. The zero-order chi connectivity index (χ0) is 15.0. The van der Waals surface area contributed by atoms with E-state index in [9.17, 15) is 13.2 Å². The van der Waals surface area contributed by atoms with E-state index in [2.05, 4.69) is 17.2 Å². The second-order valence-corrected chi connectivity index (χ2v) is 5.95. The normalized spacial score (nSPS) is 23.4. The summed E-state index contributed by atoms with van der Waals surface area (Å²) in [4.78, 5) is 5.85. The largest absolute Gasteiger partial charge is 0.417 e. The molecule has 0 radical (unpaired) electrons. The molecule has 1 unspecified atom stereocenters. The lowest BCUT2D eigenvalue weighted by molar-refractivity contribution is -0.137. The fourth-order valence-corrected chi connectivity index (χ4v) is 2.88. The molecular weight excluding hydrogens is 291 g/mol. The van der Waals surface area contributed by atoms with Gasteiger partial charge in [0.2, 0.25) is 0 Å². The van der Waals surface area contributed by atoms with Gasteiger partial charge in [0.05, 0.1) is 10.6 Å². The summed E-state index contributed by atoms with van der Waals surface area (Å²) in [6.45, 7) is 4.46. The minimum absolute atomic E-state index is 0.0496. The Balaban J connectivity index is 2.19. The summed E-state index contributed by atoms with van der Waals surface area (Å²) in [5.74, 6) is 0.430. The Morgan fingerprint density at radius 2 is 2.20 bits per heavy atom. The number of alkyl halides is 3. The van der Waals surface area contributed by atoms with E-state index in [0.717, 1.165) is 38.3 Å². The number of anilines is 1. The molecule has 0 saturated carbocycles. The van der Waals surface area contributed by atoms with E-state index >= 15 is 0 Å². The van der Waals surface area contributed by atoms with Crippen LogP contribution in [0.4, 0.5) is 19.0 Å². The third kappa shape index (κ3) is 3.17. The van der Waals surface area contributed by atoms with Gasteiger partial charge in [0.1, 0.15) is 5.82 Å². The summed E-state index contributed by atoms with van der Waals surface area (Å²) >= 11 is 5.97. The molecule has 3 nitrogen and oxygen atoms in total. The summed E-state index contributed by atoms with van der Waals surface area (Å²) < 4.78 is 37.7. The Morgan fingerprint density at radius 1 is 1.50 bits per heavy atom. The van der Waals surface area contributed by atoms with Crippen LogP contribution >= 0.6 is 11.6 Å². The minimum Gasteiger partial charge on any atom is -0.355 e. The summed E-state index contributed by atoms with van der Waals surface area (Å²) in [5.41, 5.74) is -0.730. The molecule has 20 heavy (non-hydrogen) atoms. The Labute approximate surface area is 121 Å². The molecule has 0 bridgehead atoms. The van der Waals surface area contributed by atoms with Crippen molar-refractivity contribution in [2.75, 3.05) is 31.6 Å². The molecule has 2 rings (SSSR count). The molecule has 1 fully saturated rings. The van der Waals surface area contributed by atoms with Crippen molar-refractivity contribution in [2.24, 2.45) is 5.41 Å². The molecule has 0 spiro atoms. The molecule has 1 aliphatic heterocycles. The number of aromatic nitrogens is 1. The van der Waals surface area contributed by atoms with Gasteiger partial charge in [-0.05, 0) is 24.9 Å². The molecule has 1 N–H and O–H groups in total. The highest BCUT2D eigenvalue weighted by molar-refractivity contribution is 6.33. The predicted octanol–water partition coefficient (Wildman–Crippen LogP) is 3.19. The average Bonchev–Trinajstić information content (AvgIpc) is 2.70. The van der Waals surface area contributed by atoms with Crippen LogP contribution in [0.25, 0.3) is 0 Å². The van der Waals surface area contributed by atoms with E-state index in [0.29, 0.717) is 5.82 Å². The van der Waals surface area contributed by atoms with Gasteiger partial charge in [0.15, 0.2) is 0 Å². The van der Waals surface area contributed by atoms with Gasteiger partial charge in [-0.15, -0.1) is 0 Å². The number of pyridine rings is 1. The smallest absolute Gasteiger partial charge is 0.355 e. The molecule has 1 aromatic heterocycles. The summed E-state index contributed by atoms with van der Waals surface area (Å²) in [7, 11) is 1.89. The SMILES string of the molecule is CNCC1(C)CCN(c2ncc(C(F)(F)F)cc2Cl)C1. The van der Waals surface area contributed by atoms with Crippen LogP contribution < -0.4 is 10.2 Å². The van der Waals surface area contributed by atoms with Gasteiger partial charge in [-0.2, -0.15) is 13.2 Å². The maximum Gasteiger partial charge on any atom is 0.417 e. The Hall–Kier alpha value is -1.01. The van der Waals surface area contributed by atoms with E-state index in [4.69, 9.17) is 11.6 Å². The van der Waals surface area contributed by atoms with Crippen molar-refractivity contribution in [3.05, 3.63) is 22.8 Å². The van der Waals surface area contributed by atoms with Crippen molar-refractivity contribution >= 4 is 17.4 Å². The molecule has 2 heterocycles. The molecular formula is C13H17ClF3N3. The van der Waals surface area contributed by atoms with Gasteiger partial charge in [0.25, 0.3) is 0 Å². The molecule has 1 atom stereocenters. The van der Waals surface area contributed by atoms with Gasteiger partial charge < -0.3 is 10.2 Å². The van der Waals surface area contributed by atoms with Crippen LogP contribution in [0.2, 0.25) is 5.02 Å². The lowest BCUT2D eigenvalue weighted by Crippen LogP contribution is -2.33. The first-order valence-corrected chi connectivity index (χ1v) is 6.75. The molecule has 112 valence electrons. The molecule has 0 amide bonds. The minimum atomic E-state index is -4.42. The van der Waals surface area contributed by atoms with Gasteiger partial charge >= 0.3 is 6.18 Å². The highest BCUT2D eigenvalue weighted by atomic mass is 35.5. The van der Waals surface area contributed by atoms with Crippen LogP contribution in [0.3, 0.4) is 0 Å².